The van der Waals surface area contributed by atoms with E-state index in [2.05, 4.69) is 11.8 Å². The van der Waals surface area contributed by atoms with Gasteiger partial charge in [0.1, 0.15) is 5.78 Å². The molecule has 0 bridgehead atoms. The standard InChI is InChI=1S/C14H25NO2/c1-2-11-3-6-14(17)12(9-11)10-15(7-8-16)13-4-5-13/h11-13,16H,2-10H2,1H3. The minimum absolute atomic E-state index is 0.217. The fraction of sp³-hybridized carbons (Fsp3) is 0.929. The number of carbonyl (C=O) groups is 1. The van der Waals surface area contributed by atoms with E-state index in [0.29, 0.717) is 11.8 Å². The number of ketones is 1. The van der Waals surface area contributed by atoms with Crippen molar-refractivity contribution in [2.45, 2.75) is 51.5 Å². The molecule has 0 aromatic heterocycles. The lowest BCUT2D eigenvalue weighted by molar-refractivity contribution is -0.126. The van der Waals surface area contributed by atoms with Gasteiger partial charge >= 0.3 is 0 Å². The molecule has 3 heteroatoms. The smallest absolute Gasteiger partial charge is 0.137 e. The van der Waals surface area contributed by atoms with E-state index in [9.17, 15) is 4.79 Å². The lowest BCUT2D eigenvalue weighted by atomic mass is 9.79. The number of aliphatic hydroxyl groups is 1. The minimum atomic E-state index is 0.217. The molecule has 0 aliphatic heterocycles. The van der Waals surface area contributed by atoms with Crippen molar-refractivity contribution in [1.29, 1.82) is 0 Å². The third kappa shape index (κ3) is 3.52. The van der Waals surface area contributed by atoms with Crippen molar-refractivity contribution in [1.82, 2.24) is 4.90 Å². The van der Waals surface area contributed by atoms with Crippen LogP contribution in [0.3, 0.4) is 0 Å². The highest BCUT2D eigenvalue weighted by atomic mass is 16.3. The molecule has 2 rings (SSSR count). The maximum Gasteiger partial charge on any atom is 0.137 e. The fourth-order valence-electron chi connectivity index (χ4n) is 3.02. The molecule has 0 aromatic rings. The molecule has 0 spiro atoms. The van der Waals surface area contributed by atoms with E-state index < -0.39 is 0 Å². The second-order valence-electron chi connectivity index (χ2n) is 5.66. The normalized spacial score (nSPS) is 29.9. The molecule has 2 unspecified atom stereocenters. The van der Waals surface area contributed by atoms with Gasteiger partial charge in [-0.1, -0.05) is 13.3 Å². The molecule has 17 heavy (non-hydrogen) atoms. The highest BCUT2D eigenvalue weighted by molar-refractivity contribution is 5.82. The van der Waals surface area contributed by atoms with E-state index in [0.717, 1.165) is 38.3 Å². The van der Waals surface area contributed by atoms with Gasteiger partial charge in [0.15, 0.2) is 0 Å². The second kappa shape index (κ2) is 5.96. The van der Waals surface area contributed by atoms with Gasteiger partial charge in [0.2, 0.25) is 0 Å². The Hall–Kier alpha value is -0.410. The molecule has 0 heterocycles. The first-order valence-corrected chi connectivity index (χ1v) is 7.12. The van der Waals surface area contributed by atoms with Crippen molar-refractivity contribution in [2.24, 2.45) is 11.8 Å². The Labute approximate surface area is 104 Å². The predicted molar refractivity (Wildman–Crippen MR) is 67.8 cm³/mol. The molecule has 0 aromatic carbocycles. The first kappa shape index (κ1) is 13.0. The van der Waals surface area contributed by atoms with E-state index >= 15 is 0 Å². The third-order valence-corrected chi connectivity index (χ3v) is 4.35. The van der Waals surface area contributed by atoms with Crippen molar-refractivity contribution < 1.29 is 9.90 Å². The minimum Gasteiger partial charge on any atom is -0.395 e. The number of rotatable bonds is 6. The van der Waals surface area contributed by atoms with Gasteiger partial charge in [0.25, 0.3) is 0 Å². The molecular formula is C14H25NO2. The van der Waals surface area contributed by atoms with Crippen LogP contribution in [0.2, 0.25) is 0 Å². The lowest BCUT2D eigenvalue weighted by Crippen LogP contribution is -2.39. The summed E-state index contributed by atoms with van der Waals surface area (Å²) in [5.74, 6) is 1.44. The maximum absolute atomic E-state index is 11.9. The van der Waals surface area contributed by atoms with E-state index in [1.807, 2.05) is 0 Å². The summed E-state index contributed by atoms with van der Waals surface area (Å²) in [6, 6.07) is 0.650. The highest BCUT2D eigenvalue weighted by Crippen LogP contribution is 2.32. The summed E-state index contributed by atoms with van der Waals surface area (Å²) in [6.07, 6.45) is 6.64. The van der Waals surface area contributed by atoms with Crippen LogP contribution in [0.1, 0.15) is 45.4 Å². The Kier molecular flexibility index (Phi) is 4.57. The molecular weight excluding hydrogens is 214 g/mol. The van der Waals surface area contributed by atoms with Crippen molar-refractivity contribution in [3.63, 3.8) is 0 Å². The molecule has 0 saturated heterocycles. The van der Waals surface area contributed by atoms with Crippen LogP contribution in [0, 0.1) is 11.8 Å². The third-order valence-electron chi connectivity index (χ3n) is 4.35. The fourth-order valence-corrected chi connectivity index (χ4v) is 3.02. The van der Waals surface area contributed by atoms with Gasteiger partial charge in [-0.25, -0.2) is 0 Å². The summed E-state index contributed by atoms with van der Waals surface area (Å²) in [5, 5.41) is 9.08. The Bertz CT molecular complexity index is 263. The van der Waals surface area contributed by atoms with Crippen LogP contribution in [0.25, 0.3) is 0 Å². The van der Waals surface area contributed by atoms with E-state index in [4.69, 9.17) is 5.11 Å². The monoisotopic (exact) mass is 239 g/mol. The summed E-state index contributed by atoms with van der Waals surface area (Å²) >= 11 is 0. The van der Waals surface area contributed by atoms with E-state index in [1.165, 1.54) is 19.3 Å². The van der Waals surface area contributed by atoms with Crippen LogP contribution in [0.4, 0.5) is 0 Å². The molecule has 2 saturated carbocycles. The molecule has 2 fully saturated rings. The van der Waals surface area contributed by atoms with Gasteiger partial charge in [0, 0.05) is 31.5 Å². The Balaban J connectivity index is 1.87. The van der Waals surface area contributed by atoms with E-state index in [-0.39, 0.29) is 12.5 Å². The average Bonchev–Trinajstić information content (AvgIpc) is 3.15. The summed E-state index contributed by atoms with van der Waals surface area (Å²) < 4.78 is 0. The molecule has 1 N–H and O–H groups in total. The van der Waals surface area contributed by atoms with Crippen molar-refractivity contribution in [2.75, 3.05) is 19.7 Å². The first-order chi connectivity index (χ1) is 8.24. The van der Waals surface area contributed by atoms with Crippen LogP contribution >= 0.6 is 0 Å². The summed E-state index contributed by atoms with van der Waals surface area (Å²) in [6.45, 7) is 4.07. The summed E-state index contributed by atoms with van der Waals surface area (Å²) in [4.78, 5) is 14.3. The van der Waals surface area contributed by atoms with Crippen LogP contribution in [0.5, 0.6) is 0 Å². The van der Waals surface area contributed by atoms with Crippen molar-refractivity contribution in [3.8, 4) is 0 Å². The topological polar surface area (TPSA) is 40.5 Å². The van der Waals surface area contributed by atoms with Crippen LogP contribution in [-0.4, -0.2) is 41.5 Å². The zero-order valence-electron chi connectivity index (χ0n) is 10.9. The Morgan fingerprint density at radius 1 is 1.35 bits per heavy atom. The number of hydrogen-bond acceptors (Lipinski definition) is 3. The zero-order valence-corrected chi connectivity index (χ0v) is 10.9. The molecule has 0 radical (unpaired) electrons. The van der Waals surface area contributed by atoms with Gasteiger partial charge in [-0.05, 0) is 31.6 Å². The Morgan fingerprint density at radius 2 is 2.12 bits per heavy atom. The van der Waals surface area contributed by atoms with Crippen LogP contribution < -0.4 is 0 Å². The number of nitrogens with zero attached hydrogens (tertiary/aromatic N) is 1. The largest absolute Gasteiger partial charge is 0.395 e. The van der Waals surface area contributed by atoms with Gasteiger partial charge < -0.3 is 5.11 Å². The molecule has 2 atom stereocenters. The van der Waals surface area contributed by atoms with Crippen molar-refractivity contribution in [3.05, 3.63) is 0 Å². The van der Waals surface area contributed by atoms with Gasteiger partial charge in [0.05, 0.1) is 6.61 Å². The molecule has 2 aliphatic carbocycles. The lowest BCUT2D eigenvalue weighted by Gasteiger charge is -2.32. The highest BCUT2D eigenvalue weighted by Gasteiger charge is 2.34. The number of carbonyl (C=O) groups excluding carboxylic acids is 1. The number of aliphatic hydroxyl groups excluding tert-OH is 1. The number of hydrogen-bond donors (Lipinski definition) is 1. The van der Waals surface area contributed by atoms with Crippen molar-refractivity contribution >= 4 is 5.78 Å². The first-order valence-electron chi connectivity index (χ1n) is 7.12. The quantitative estimate of drug-likeness (QED) is 0.769. The molecule has 3 nitrogen and oxygen atoms in total. The molecule has 98 valence electrons. The number of Topliss-reactive ketones (excluding diaryl/α,β-unsaturated/α-hetero) is 1. The maximum atomic E-state index is 11.9. The molecule has 2 aliphatic rings. The predicted octanol–water partition coefficient (Wildman–Crippen LogP) is 1.84. The van der Waals surface area contributed by atoms with Gasteiger partial charge in [-0.15, -0.1) is 0 Å². The Morgan fingerprint density at radius 3 is 2.71 bits per heavy atom. The zero-order chi connectivity index (χ0) is 12.3. The van der Waals surface area contributed by atoms with Gasteiger partial charge in [-0.2, -0.15) is 0 Å². The van der Waals surface area contributed by atoms with Crippen LogP contribution in [0.15, 0.2) is 0 Å². The second-order valence-corrected chi connectivity index (χ2v) is 5.66. The average molecular weight is 239 g/mol. The summed E-state index contributed by atoms with van der Waals surface area (Å²) in [7, 11) is 0. The van der Waals surface area contributed by atoms with Crippen LogP contribution in [-0.2, 0) is 4.79 Å². The van der Waals surface area contributed by atoms with E-state index in [1.54, 1.807) is 0 Å². The summed E-state index contributed by atoms with van der Waals surface area (Å²) in [5.41, 5.74) is 0. The SMILES string of the molecule is CCC1CCC(=O)C(CN(CCO)C2CC2)C1. The molecule has 0 amide bonds. The van der Waals surface area contributed by atoms with Gasteiger partial charge in [-0.3, -0.25) is 9.69 Å².